The zero-order chi connectivity index (χ0) is 10.7. The van der Waals surface area contributed by atoms with Crippen molar-refractivity contribution >= 4 is 16.5 Å². The van der Waals surface area contributed by atoms with Gasteiger partial charge in [-0.2, -0.15) is 0 Å². The zero-order valence-corrected chi connectivity index (χ0v) is 8.31. The number of anilines is 1. The van der Waals surface area contributed by atoms with Crippen LogP contribution in [0.2, 0.25) is 0 Å². The standard InChI is InChI=1S/C12H13NO2/c13-12-3-1-2-9-4-5-10(8-11(9)12)15-7-6-14/h1-5,8,14H,6-7,13H2. The molecule has 0 spiro atoms. The highest BCUT2D eigenvalue weighted by molar-refractivity contribution is 5.93. The average Bonchev–Trinajstić information content (AvgIpc) is 2.27. The third-order valence-corrected chi connectivity index (χ3v) is 2.25. The Morgan fingerprint density at radius 1 is 1.20 bits per heavy atom. The van der Waals surface area contributed by atoms with E-state index in [1.54, 1.807) is 0 Å². The maximum absolute atomic E-state index is 8.65. The Hall–Kier alpha value is -1.74. The molecule has 0 heterocycles. The molecule has 3 heteroatoms. The molecule has 0 aliphatic carbocycles. The number of hydrogen-bond donors (Lipinski definition) is 2. The smallest absolute Gasteiger partial charge is 0.120 e. The summed E-state index contributed by atoms with van der Waals surface area (Å²) in [4.78, 5) is 0. The fraction of sp³-hybridized carbons (Fsp3) is 0.167. The molecule has 0 bridgehead atoms. The molecule has 78 valence electrons. The first-order valence-corrected chi connectivity index (χ1v) is 4.83. The molecular weight excluding hydrogens is 190 g/mol. The van der Waals surface area contributed by atoms with Gasteiger partial charge < -0.3 is 15.6 Å². The number of nitrogens with two attached hydrogens (primary N) is 1. The van der Waals surface area contributed by atoms with Gasteiger partial charge in [0.1, 0.15) is 12.4 Å². The van der Waals surface area contributed by atoms with Gasteiger partial charge in [0.25, 0.3) is 0 Å². The lowest BCUT2D eigenvalue weighted by molar-refractivity contribution is 0.201. The summed E-state index contributed by atoms with van der Waals surface area (Å²) >= 11 is 0. The molecular formula is C12H13NO2. The van der Waals surface area contributed by atoms with E-state index in [1.807, 2.05) is 36.4 Å². The van der Waals surface area contributed by atoms with Crippen LogP contribution in [0.15, 0.2) is 36.4 Å². The number of hydrogen-bond acceptors (Lipinski definition) is 3. The van der Waals surface area contributed by atoms with E-state index in [4.69, 9.17) is 15.6 Å². The number of benzene rings is 2. The van der Waals surface area contributed by atoms with Gasteiger partial charge in [-0.05, 0) is 23.6 Å². The van der Waals surface area contributed by atoms with E-state index in [2.05, 4.69) is 0 Å². The maximum Gasteiger partial charge on any atom is 0.120 e. The van der Waals surface area contributed by atoms with E-state index < -0.39 is 0 Å². The Kier molecular flexibility index (Phi) is 2.74. The van der Waals surface area contributed by atoms with Gasteiger partial charge in [0.2, 0.25) is 0 Å². The van der Waals surface area contributed by atoms with Crippen molar-refractivity contribution in [3.8, 4) is 5.75 Å². The van der Waals surface area contributed by atoms with Crippen LogP contribution in [0.5, 0.6) is 5.75 Å². The quantitative estimate of drug-likeness (QED) is 0.748. The predicted molar refractivity (Wildman–Crippen MR) is 60.9 cm³/mol. The Morgan fingerprint density at radius 2 is 2.07 bits per heavy atom. The third-order valence-electron chi connectivity index (χ3n) is 2.25. The molecule has 0 aromatic heterocycles. The summed E-state index contributed by atoms with van der Waals surface area (Å²) in [6.45, 7) is 0.320. The average molecular weight is 203 g/mol. The molecule has 3 N–H and O–H groups in total. The minimum atomic E-state index is 0.0162. The Morgan fingerprint density at radius 3 is 2.87 bits per heavy atom. The normalized spacial score (nSPS) is 10.5. The van der Waals surface area contributed by atoms with E-state index in [-0.39, 0.29) is 6.61 Å². The summed E-state index contributed by atoms with van der Waals surface area (Å²) < 4.78 is 5.31. The monoisotopic (exact) mass is 203 g/mol. The SMILES string of the molecule is Nc1cccc2ccc(OCCO)cc12. The molecule has 0 fully saturated rings. The van der Waals surface area contributed by atoms with E-state index in [0.29, 0.717) is 6.61 Å². The summed E-state index contributed by atoms with van der Waals surface area (Å²) in [5.74, 6) is 0.731. The molecule has 0 atom stereocenters. The largest absolute Gasteiger partial charge is 0.491 e. The molecule has 0 saturated carbocycles. The van der Waals surface area contributed by atoms with Gasteiger partial charge in [-0.15, -0.1) is 0 Å². The summed E-state index contributed by atoms with van der Waals surface area (Å²) in [5.41, 5.74) is 6.59. The van der Waals surface area contributed by atoms with E-state index in [0.717, 1.165) is 22.2 Å². The number of aliphatic hydroxyl groups is 1. The Labute approximate surface area is 88.1 Å². The molecule has 0 aliphatic heterocycles. The van der Waals surface area contributed by atoms with Gasteiger partial charge in [-0.25, -0.2) is 0 Å². The number of nitrogen functional groups attached to an aromatic ring is 1. The Bertz CT molecular complexity index is 468. The number of fused-ring (bicyclic) bond motifs is 1. The highest BCUT2D eigenvalue weighted by Gasteiger charge is 1.99. The van der Waals surface area contributed by atoms with Gasteiger partial charge in [0, 0.05) is 11.1 Å². The number of rotatable bonds is 3. The van der Waals surface area contributed by atoms with Crippen molar-refractivity contribution in [1.29, 1.82) is 0 Å². The van der Waals surface area contributed by atoms with Gasteiger partial charge in [-0.3, -0.25) is 0 Å². The summed E-state index contributed by atoms with van der Waals surface area (Å²) in [7, 11) is 0. The van der Waals surface area contributed by atoms with Crippen LogP contribution >= 0.6 is 0 Å². The van der Waals surface area contributed by atoms with Crippen LogP contribution < -0.4 is 10.5 Å². The van der Waals surface area contributed by atoms with Gasteiger partial charge in [-0.1, -0.05) is 18.2 Å². The van der Waals surface area contributed by atoms with Gasteiger partial charge in [0.05, 0.1) is 6.61 Å². The lowest BCUT2D eigenvalue weighted by Crippen LogP contribution is -2.01. The second-order valence-electron chi connectivity index (χ2n) is 3.30. The van der Waals surface area contributed by atoms with Crippen LogP contribution in [-0.2, 0) is 0 Å². The molecule has 0 amide bonds. The van der Waals surface area contributed by atoms with Crippen LogP contribution in [-0.4, -0.2) is 18.3 Å². The maximum atomic E-state index is 8.65. The summed E-state index contributed by atoms with van der Waals surface area (Å²) in [5, 5.41) is 10.7. The second kappa shape index (κ2) is 4.19. The van der Waals surface area contributed by atoms with Crippen molar-refractivity contribution in [2.75, 3.05) is 18.9 Å². The summed E-state index contributed by atoms with van der Waals surface area (Å²) in [6, 6.07) is 11.5. The second-order valence-corrected chi connectivity index (χ2v) is 3.30. The molecule has 2 rings (SSSR count). The van der Waals surface area contributed by atoms with E-state index in [9.17, 15) is 0 Å². The highest BCUT2D eigenvalue weighted by Crippen LogP contribution is 2.25. The van der Waals surface area contributed by atoms with E-state index >= 15 is 0 Å². The van der Waals surface area contributed by atoms with Crippen LogP contribution in [0, 0.1) is 0 Å². The lowest BCUT2D eigenvalue weighted by Gasteiger charge is -2.06. The van der Waals surface area contributed by atoms with Crippen molar-refractivity contribution in [1.82, 2.24) is 0 Å². The summed E-state index contributed by atoms with van der Waals surface area (Å²) in [6.07, 6.45) is 0. The molecule has 15 heavy (non-hydrogen) atoms. The first-order chi connectivity index (χ1) is 7.31. The topological polar surface area (TPSA) is 55.5 Å². The minimum Gasteiger partial charge on any atom is -0.491 e. The van der Waals surface area contributed by atoms with Crippen LogP contribution in [0.1, 0.15) is 0 Å². The number of aliphatic hydroxyl groups excluding tert-OH is 1. The minimum absolute atomic E-state index is 0.0162. The van der Waals surface area contributed by atoms with Crippen molar-refractivity contribution in [2.45, 2.75) is 0 Å². The van der Waals surface area contributed by atoms with Crippen LogP contribution in [0.3, 0.4) is 0 Å². The van der Waals surface area contributed by atoms with Crippen molar-refractivity contribution in [2.24, 2.45) is 0 Å². The van der Waals surface area contributed by atoms with Crippen LogP contribution in [0.4, 0.5) is 5.69 Å². The van der Waals surface area contributed by atoms with Crippen molar-refractivity contribution in [3.63, 3.8) is 0 Å². The zero-order valence-electron chi connectivity index (χ0n) is 8.31. The molecule has 2 aromatic carbocycles. The Balaban J connectivity index is 2.41. The fourth-order valence-electron chi connectivity index (χ4n) is 1.53. The van der Waals surface area contributed by atoms with Crippen LogP contribution in [0.25, 0.3) is 10.8 Å². The molecule has 3 nitrogen and oxygen atoms in total. The number of ether oxygens (including phenoxy) is 1. The third kappa shape index (κ3) is 2.02. The molecule has 0 radical (unpaired) electrons. The van der Waals surface area contributed by atoms with E-state index in [1.165, 1.54) is 0 Å². The first kappa shape index (κ1) is 9.80. The fourth-order valence-corrected chi connectivity index (χ4v) is 1.53. The van der Waals surface area contributed by atoms with Gasteiger partial charge >= 0.3 is 0 Å². The molecule has 2 aromatic rings. The molecule has 0 unspecified atom stereocenters. The predicted octanol–water partition coefficient (Wildman–Crippen LogP) is 1.79. The van der Waals surface area contributed by atoms with Gasteiger partial charge in [0.15, 0.2) is 0 Å². The molecule has 0 saturated heterocycles. The van der Waals surface area contributed by atoms with Crippen molar-refractivity contribution < 1.29 is 9.84 Å². The molecule has 0 aliphatic rings. The lowest BCUT2D eigenvalue weighted by atomic mass is 10.1. The van der Waals surface area contributed by atoms with Crippen molar-refractivity contribution in [3.05, 3.63) is 36.4 Å². The highest BCUT2D eigenvalue weighted by atomic mass is 16.5. The first-order valence-electron chi connectivity index (χ1n) is 4.83.